The molecule has 27 heavy (non-hydrogen) atoms. The standard InChI is InChI=1S/C17H12Cl2N4O4/c1-27-16-5-3-12(23(25)26)7-15(16)21-9-10(8-20)17(24)22-14-4-2-11(18)6-13(14)19/h2-7,9,21H,1H3,(H,22,24)/b10-9-. The van der Waals surface area contributed by atoms with Gasteiger partial charge in [-0.25, -0.2) is 0 Å². The Hall–Kier alpha value is -3.28. The Labute approximate surface area is 164 Å². The molecule has 0 fully saturated rings. The maximum absolute atomic E-state index is 12.3. The highest BCUT2D eigenvalue weighted by Crippen LogP contribution is 2.29. The SMILES string of the molecule is COc1ccc([N+](=O)[O-])cc1N/C=C(/C#N)C(=O)Nc1ccc(Cl)cc1Cl. The van der Waals surface area contributed by atoms with E-state index in [1.807, 2.05) is 0 Å². The minimum Gasteiger partial charge on any atom is -0.495 e. The van der Waals surface area contributed by atoms with Gasteiger partial charge in [0.15, 0.2) is 0 Å². The molecule has 0 radical (unpaired) electrons. The summed E-state index contributed by atoms with van der Waals surface area (Å²) in [5, 5.41) is 25.9. The van der Waals surface area contributed by atoms with E-state index in [4.69, 9.17) is 27.9 Å². The van der Waals surface area contributed by atoms with Gasteiger partial charge in [-0.15, -0.1) is 0 Å². The first-order chi connectivity index (χ1) is 12.8. The van der Waals surface area contributed by atoms with Gasteiger partial charge in [0, 0.05) is 23.4 Å². The molecule has 138 valence electrons. The highest BCUT2D eigenvalue weighted by Gasteiger charge is 2.14. The summed E-state index contributed by atoms with van der Waals surface area (Å²) in [6, 6.07) is 10.1. The topological polar surface area (TPSA) is 117 Å². The van der Waals surface area contributed by atoms with E-state index in [0.717, 1.165) is 6.20 Å². The van der Waals surface area contributed by atoms with Crippen molar-refractivity contribution in [1.29, 1.82) is 5.26 Å². The van der Waals surface area contributed by atoms with Gasteiger partial charge in [0.25, 0.3) is 11.6 Å². The van der Waals surface area contributed by atoms with Crippen molar-refractivity contribution in [3.05, 3.63) is 68.3 Å². The molecule has 0 bridgehead atoms. The number of nitrogens with one attached hydrogen (secondary N) is 2. The highest BCUT2D eigenvalue weighted by molar-refractivity contribution is 6.36. The first kappa shape index (κ1) is 20.0. The number of hydrogen-bond donors (Lipinski definition) is 2. The second kappa shape index (κ2) is 8.89. The van der Waals surface area contributed by atoms with Gasteiger partial charge in [0.2, 0.25) is 0 Å². The fourth-order valence-electron chi connectivity index (χ4n) is 2.00. The van der Waals surface area contributed by atoms with E-state index in [9.17, 15) is 20.2 Å². The molecule has 0 saturated heterocycles. The number of halogens is 2. The average molecular weight is 407 g/mol. The van der Waals surface area contributed by atoms with Crippen molar-refractivity contribution < 1.29 is 14.5 Å². The van der Waals surface area contributed by atoms with Gasteiger partial charge in [-0.3, -0.25) is 14.9 Å². The van der Waals surface area contributed by atoms with E-state index >= 15 is 0 Å². The monoisotopic (exact) mass is 406 g/mol. The lowest BCUT2D eigenvalue weighted by Crippen LogP contribution is -2.15. The number of nitriles is 1. The maximum atomic E-state index is 12.3. The molecule has 0 aromatic heterocycles. The van der Waals surface area contributed by atoms with Crippen LogP contribution in [0.2, 0.25) is 10.0 Å². The largest absolute Gasteiger partial charge is 0.495 e. The fourth-order valence-corrected chi connectivity index (χ4v) is 2.46. The van der Waals surface area contributed by atoms with Crippen molar-refractivity contribution in [2.24, 2.45) is 0 Å². The van der Waals surface area contributed by atoms with Gasteiger partial charge in [0.05, 0.1) is 28.4 Å². The Morgan fingerprint density at radius 3 is 2.59 bits per heavy atom. The molecule has 0 heterocycles. The van der Waals surface area contributed by atoms with Crippen molar-refractivity contribution in [2.75, 3.05) is 17.7 Å². The van der Waals surface area contributed by atoms with Crippen molar-refractivity contribution in [3.63, 3.8) is 0 Å². The molecule has 10 heteroatoms. The molecule has 0 atom stereocenters. The molecule has 0 spiro atoms. The van der Waals surface area contributed by atoms with Crippen LogP contribution in [-0.4, -0.2) is 17.9 Å². The third-order valence-electron chi connectivity index (χ3n) is 3.31. The summed E-state index contributed by atoms with van der Waals surface area (Å²) < 4.78 is 5.10. The Bertz CT molecular complexity index is 970. The predicted octanol–water partition coefficient (Wildman–Crippen LogP) is 4.37. The summed E-state index contributed by atoms with van der Waals surface area (Å²) in [6.07, 6.45) is 1.11. The van der Waals surface area contributed by atoms with E-state index in [0.29, 0.717) is 10.8 Å². The minimum atomic E-state index is -0.723. The highest BCUT2D eigenvalue weighted by atomic mass is 35.5. The second-order valence-corrected chi connectivity index (χ2v) is 5.88. The Morgan fingerprint density at radius 1 is 1.26 bits per heavy atom. The van der Waals surface area contributed by atoms with Crippen LogP contribution in [-0.2, 0) is 4.79 Å². The van der Waals surface area contributed by atoms with E-state index in [2.05, 4.69) is 10.6 Å². The number of nitro groups is 1. The molecular weight excluding hydrogens is 395 g/mol. The van der Waals surface area contributed by atoms with Crippen LogP contribution in [0.15, 0.2) is 48.2 Å². The second-order valence-electron chi connectivity index (χ2n) is 5.03. The van der Waals surface area contributed by atoms with Crippen molar-refractivity contribution >= 4 is 46.2 Å². The van der Waals surface area contributed by atoms with E-state index in [-0.39, 0.29) is 27.7 Å². The number of carbonyl (C=O) groups is 1. The van der Waals surface area contributed by atoms with Gasteiger partial charge in [-0.1, -0.05) is 23.2 Å². The van der Waals surface area contributed by atoms with E-state index in [1.165, 1.54) is 43.5 Å². The predicted molar refractivity (Wildman–Crippen MR) is 102 cm³/mol. The van der Waals surface area contributed by atoms with Gasteiger partial charge < -0.3 is 15.4 Å². The summed E-state index contributed by atoms with van der Waals surface area (Å²) in [5.41, 5.74) is 0.0362. The number of methoxy groups -OCH3 is 1. The van der Waals surface area contributed by atoms with Crippen LogP contribution in [0.4, 0.5) is 17.1 Å². The zero-order chi connectivity index (χ0) is 20.0. The van der Waals surface area contributed by atoms with Gasteiger partial charge in [-0.05, 0) is 24.3 Å². The molecule has 2 aromatic rings. The van der Waals surface area contributed by atoms with Crippen molar-refractivity contribution in [1.82, 2.24) is 0 Å². The summed E-state index contributed by atoms with van der Waals surface area (Å²) >= 11 is 11.8. The molecule has 2 rings (SSSR count). The van der Waals surface area contributed by atoms with Crippen LogP contribution < -0.4 is 15.4 Å². The molecule has 0 unspecified atom stereocenters. The average Bonchev–Trinajstić information content (AvgIpc) is 2.64. The quantitative estimate of drug-likeness (QED) is 0.318. The lowest BCUT2D eigenvalue weighted by molar-refractivity contribution is -0.384. The van der Waals surface area contributed by atoms with E-state index in [1.54, 1.807) is 6.07 Å². The molecule has 2 N–H and O–H groups in total. The summed E-state index contributed by atoms with van der Waals surface area (Å²) in [7, 11) is 1.39. The lowest BCUT2D eigenvalue weighted by Gasteiger charge is -2.09. The smallest absolute Gasteiger partial charge is 0.271 e. The van der Waals surface area contributed by atoms with Gasteiger partial charge in [0.1, 0.15) is 17.4 Å². The zero-order valence-electron chi connectivity index (χ0n) is 13.8. The number of hydrogen-bond acceptors (Lipinski definition) is 6. The van der Waals surface area contributed by atoms with Crippen molar-refractivity contribution in [3.8, 4) is 11.8 Å². The molecule has 0 saturated carbocycles. The number of rotatable bonds is 6. The molecule has 0 aliphatic heterocycles. The number of anilines is 2. The number of non-ortho nitro benzene ring substituents is 1. The number of carbonyl (C=O) groups excluding carboxylic acids is 1. The van der Waals surface area contributed by atoms with Crippen molar-refractivity contribution in [2.45, 2.75) is 0 Å². The molecule has 0 aliphatic carbocycles. The first-order valence-corrected chi connectivity index (χ1v) is 8.07. The minimum absolute atomic E-state index is 0.178. The number of nitro benzene ring substituents is 1. The zero-order valence-corrected chi connectivity index (χ0v) is 15.3. The number of amides is 1. The number of benzene rings is 2. The van der Waals surface area contributed by atoms with Crippen LogP contribution >= 0.6 is 23.2 Å². The number of nitrogens with zero attached hydrogens (tertiary/aromatic N) is 2. The summed E-state index contributed by atoms with van der Waals surface area (Å²) in [5.74, 6) is -0.422. The van der Waals surface area contributed by atoms with Gasteiger partial charge >= 0.3 is 0 Å². The van der Waals surface area contributed by atoms with Gasteiger partial charge in [-0.2, -0.15) is 5.26 Å². The Kier molecular flexibility index (Phi) is 6.60. The number of ether oxygens (including phenoxy) is 1. The molecule has 8 nitrogen and oxygen atoms in total. The fraction of sp³-hybridized carbons (Fsp3) is 0.0588. The molecule has 1 amide bonds. The summed E-state index contributed by atoms with van der Waals surface area (Å²) in [4.78, 5) is 22.6. The third kappa shape index (κ3) is 5.10. The van der Waals surface area contributed by atoms with Crippen LogP contribution in [0.3, 0.4) is 0 Å². The third-order valence-corrected chi connectivity index (χ3v) is 3.86. The Balaban J connectivity index is 2.23. The molecule has 2 aromatic carbocycles. The maximum Gasteiger partial charge on any atom is 0.271 e. The molecular formula is C17H12Cl2N4O4. The van der Waals surface area contributed by atoms with E-state index < -0.39 is 10.8 Å². The first-order valence-electron chi connectivity index (χ1n) is 7.31. The normalized spacial score (nSPS) is 10.7. The van der Waals surface area contributed by atoms with Crippen LogP contribution in [0.25, 0.3) is 0 Å². The molecule has 0 aliphatic rings. The Morgan fingerprint density at radius 2 is 2.00 bits per heavy atom. The van der Waals surface area contributed by atoms with Crippen LogP contribution in [0.5, 0.6) is 5.75 Å². The summed E-state index contributed by atoms with van der Waals surface area (Å²) in [6.45, 7) is 0. The van der Waals surface area contributed by atoms with Crippen LogP contribution in [0, 0.1) is 21.4 Å². The lowest BCUT2D eigenvalue weighted by atomic mass is 10.2. The van der Waals surface area contributed by atoms with Crippen LogP contribution in [0.1, 0.15) is 0 Å².